The van der Waals surface area contributed by atoms with E-state index in [1.165, 1.54) is 6.07 Å². The molecular formula is C22H30N6O6. The van der Waals surface area contributed by atoms with E-state index >= 15 is 0 Å². The number of guanidine groups is 1. The minimum absolute atomic E-state index is 0.0277. The standard InChI is InChI=1S/C22H30N6O6/c1-2-6-15(10-11-18(29)17(23)8-5-12-26-22(24)25)27(28(32)33)20(30)16-13-14-7-3-4-9-19(14)34-21(16)31/h3-4,7,9,13,15,17H,2,5-6,8,10-12,23H2,1H3,(H4,24,25,26)/t15?,17-/m0/s1. The zero-order chi connectivity index (χ0) is 25.3. The van der Waals surface area contributed by atoms with Gasteiger partial charge in [-0.3, -0.25) is 14.6 Å². The fraction of sp³-hybridized carbons (Fsp3) is 0.455. The Balaban J connectivity index is 2.16. The third kappa shape index (κ3) is 7.10. The molecule has 12 heteroatoms. The van der Waals surface area contributed by atoms with E-state index in [0.29, 0.717) is 36.2 Å². The Hall–Kier alpha value is -3.80. The summed E-state index contributed by atoms with van der Waals surface area (Å²) in [4.78, 5) is 53.6. The van der Waals surface area contributed by atoms with Crippen LogP contribution in [-0.4, -0.2) is 46.3 Å². The van der Waals surface area contributed by atoms with Crippen molar-refractivity contribution in [2.24, 2.45) is 22.2 Å². The van der Waals surface area contributed by atoms with Crippen LogP contribution in [0, 0.1) is 10.1 Å². The Morgan fingerprint density at radius 2 is 1.91 bits per heavy atom. The number of hydrazine groups is 1. The predicted octanol–water partition coefficient (Wildman–Crippen LogP) is 1.33. The molecule has 1 unspecified atom stereocenters. The fourth-order valence-electron chi connectivity index (χ4n) is 3.60. The van der Waals surface area contributed by atoms with Crippen molar-refractivity contribution in [2.75, 3.05) is 6.54 Å². The third-order valence-electron chi connectivity index (χ3n) is 5.33. The number of ketones is 1. The number of fused-ring (bicyclic) bond motifs is 1. The summed E-state index contributed by atoms with van der Waals surface area (Å²) in [5.74, 6) is -1.42. The smallest absolute Gasteiger partial charge is 0.349 e. The summed E-state index contributed by atoms with van der Waals surface area (Å²) in [6, 6.07) is 6.13. The van der Waals surface area contributed by atoms with Gasteiger partial charge in [0.15, 0.2) is 11.0 Å². The topological polar surface area (TPSA) is 201 Å². The third-order valence-corrected chi connectivity index (χ3v) is 5.33. The van der Waals surface area contributed by atoms with Crippen molar-refractivity contribution in [3.8, 4) is 0 Å². The molecule has 0 aliphatic carbocycles. The molecule has 2 aromatic rings. The van der Waals surface area contributed by atoms with Crippen LogP contribution < -0.4 is 22.8 Å². The van der Waals surface area contributed by atoms with Gasteiger partial charge in [0.2, 0.25) is 0 Å². The fourth-order valence-corrected chi connectivity index (χ4v) is 3.60. The van der Waals surface area contributed by atoms with Crippen LogP contribution in [-0.2, 0) is 4.79 Å². The van der Waals surface area contributed by atoms with E-state index in [-0.39, 0.29) is 36.6 Å². The van der Waals surface area contributed by atoms with E-state index in [2.05, 4.69) is 4.99 Å². The summed E-state index contributed by atoms with van der Waals surface area (Å²) in [7, 11) is 0. The van der Waals surface area contributed by atoms with E-state index in [0.717, 1.165) is 0 Å². The normalized spacial score (nSPS) is 12.6. The van der Waals surface area contributed by atoms with Gasteiger partial charge < -0.3 is 21.6 Å². The molecule has 184 valence electrons. The Morgan fingerprint density at radius 1 is 1.21 bits per heavy atom. The molecule has 1 aromatic carbocycles. The van der Waals surface area contributed by atoms with Gasteiger partial charge in [-0.15, -0.1) is 0 Å². The van der Waals surface area contributed by atoms with Crippen LogP contribution in [0.3, 0.4) is 0 Å². The molecule has 0 spiro atoms. The molecule has 0 saturated carbocycles. The zero-order valence-corrected chi connectivity index (χ0v) is 19.0. The molecule has 2 rings (SSSR count). The molecule has 0 aliphatic rings. The first-order valence-corrected chi connectivity index (χ1v) is 11.0. The SMILES string of the molecule is CCCC(CCC(=O)[C@@H](N)CCCN=C(N)N)N(C(=O)c1cc2ccccc2oc1=O)[N+](=O)[O-]. The summed E-state index contributed by atoms with van der Waals surface area (Å²) < 4.78 is 5.15. The van der Waals surface area contributed by atoms with Crippen molar-refractivity contribution < 1.29 is 19.0 Å². The maximum Gasteiger partial charge on any atom is 0.349 e. The van der Waals surface area contributed by atoms with E-state index < -0.39 is 34.2 Å². The molecule has 6 N–H and O–H groups in total. The number of rotatable bonds is 13. The molecular weight excluding hydrogens is 444 g/mol. The number of nitrogens with zero attached hydrogens (tertiary/aromatic N) is 3. The lowest BCUT2D eigenvalue weighted by Gasteiger charge is -2.22. The van der Waals surface area contributed by atoms with Crippen LogP contribution >= 0.6 is 0 Å². The van der Waals surface area contributed by atoms with Crippen molar-refractivity contribution >= 4 is 28.6 Å². The summed E-state index contributed by atoms with van der Waals surface area (Å²) in [6.07, 6.45) is 1.61. The molecule has 0 saturated heterocycles. The van der Waals surface area contributed by atoms with Crippen LogP contribution in [0.25, 0.3) is 11.0 Å². The number of aliphatic imine (C=N–C) groups is 1. The molecule has 2 atom stereocenters. The lowest BCUT2D eigenvalue weighted by atomic mass is 9.98. The van der Waals surface area contributed by atoms with E-state index in [9.17, 15) is 24.5 Å². The summed E-state index contributed by atoms with van der Waals surface area (Å²) in [6.45, 7) is 2.14. The van der Waals surface area contributed by atoms with Crippen LogP contribution in [0.1, 0.15) is 55.8 Å². The molecule has 12 nitrogen and oxygen atoms in total. The Bertz CT molecular complexity index is 1110. The van der Waals surface area contributed by atoms with Crippen molar-refractivity contribution in [2.45, 2.75) is 57.5 Å². The highest BCUT2D eigenvalue weighted by Crippen LogP contribution is 2.19. The zero-order valence-electron chi connectivity index (χ0n) is 19.0. The second-order valence-electron chi connectivity index (χ2n) is 7.88. The maximum absolute atomic E-state index is 13.1. The number of carbonyl (C=O) groups excluding carboxylic acids is 2. The van der Waals surface area contributed by atoms with Crippen LogP contribution in [0.15, 0.2) is 44.5 Å². The van der Waals surface area contributed by atoms with Crippen molar-refractivity contribution in [3.05, 3.63) is 56.4 Å². The highest BCUT2D eigenvalue weighted by Gasteiger charge is 2.36. The van der Waals surface area contributed by atoms with Gasteiger partial charge in [-0.05, 0) is 37.8 Å². The minimum Gasteiger partial charge on any atom is -0.422 e. The summed E-state index contributed by atoms with van der Waals surface area (Å²) >= 11 is 0. The number of Topliss-reactive ketones (excluding diaryl/α,β-unsaturated/α-hetero) is 1. The van der Waals surface area contributed by atoms with Gasteiger partial charge in [0, 0.05) is 18.4 Å². The Labute approximate surface area is 195 Å². The van der Waals surface area contributed by atoms with E-state index in [1.54, 1.807) is 31.2 Å². The van der Waals surface area contributed by atoms with Crippen LogP contribution in [0.4, 0.5) is 0 Å². The largest absolute Gasteiger partial charge is 0.422 e. The van der Waals surface area contributed by atoms with Gasteiger partial charge in [-0.25, -0.2) is 14.9 Å². The average Bonchev–Trinajstić information content (AvgIpc) is 2.79. The highest BCUT2D eigenvalue weighted by atomic mass is 16.7. The van der Waals surface area contributed by atoms with Crippen molar-refractivity contribution in [1.82, 2.24) is 5.01 Å². The minimum atomic E-state index is -1.09. The first-order chi connectivity index (χ1) is 16.1. The summed E-state index contributed by atoms with van der Waals surface area (Å²) in [5, 5.41) is 11.9. The molecule has 0 aliphatic heterocycles. The van der Waals surface area contributed by atoms with Crippen molar-refractivity contribution in [1.29, 1.82) is 0 Å². The number of carbonyl (C=O) groups is 2. The number of amides is 1. The van der Waals surface area contributed by atoms with Gasteiger partial charge in [-0.2, -0.15) is 0 Å². The lowest BCUT2D eigenvalue weighted by Crippen LogP contribution is -2.46. The Morgan fingerprint density at radius 3 is 2.56 bits per heavy atom. The molecule has 0 fully saturated rings. The number of benzene rings is 1. The predicted molar refractivity (Wildman–Crippen MR) is 126 cm³/mol. The lowest BCUT2D eigenvalue weighted by molar-refractivity contribution is -0.641. The van der Waals surface area contributed by atoms with Gasteiger partial charge in [0.25, 0.3) is 0 Å². The van der Waals surface area contributed by atoms with Gasteiger partial charge in [0.1, 0.15) is 16.9 Å². The van der Waals surface area contributed by atoms with Gasteiger partial charge in [0.05, 0.1) is 12.1 Å². The first-order valence-electron chi connectivity index (χ1n) is 11.0. The number of hydrogen-bond donors (Lipinski definition) is 3. The summed E-state index contributed by atoms with van der Waals surface area (Å²) in [5.41, 5.74) is 15.3. The van der Waals surface area contributed by atoms with E-state index in [1.807, 2.05) is 0 Å². The molecule has 0 radical (unpaired) electrons. The molecule has 1 aromatic heterocycles. The number of para-hydroxylation sites is 1. The molecule has 1 amide bonds. The van der Waals surface area contributed by atoms with Crippen LogP contribution in [0.2, 0.25) is 0 Å². The van der Waals surface area contributed by atoms with Gasteiger partial charge in [-0.1, -0.05) is 36.6 Å². The highest BCUT2D eigenvalue weighted by molar-refractivity contribution is 5.96. The van der Waals surface area contributed by atoms with E-state index in [4.69, 9.17) is 21.6 Å². The quantitative estimate of drug-likeness (QED) is 0.0955. The second kappa shape index (κ2) is 12.4. The number of nitro groups is 1. The first kappa shape index (κ1) is 26.5. The van der Waals surface area contributed by atoms with Crippen molar-refractivity contribution in [3.63, 3.8) is 0 Å². The van der Waals surface area contributed by atoms with Gasteiger partial charge >= 0.3 is 11.5 Å². The second-order valence-corrected chi connectivity index (χ2v) is 7.88. The average molecular weight is 475 g/mol. The maximum atomic E-state index is 13.1. The monoisotopic (exact) mass is 474 g/mol. The Kier molecular flexibility index (Phi) is 9.68. The molecule has 0 bridgehead atoms. The molecule has 34 heavy (non-hydrogen) atoms. The molecule has 1 heterocycles. The number of nitrogens with two attached hydrogens (primary N) is 3. The number of hydrogen-bond acceptors (Lipinski definition) is 8. The van der Waals surface area contributed by atoms with Crippen LogP contribution in [0.5, 0.6) is 0 Å².